The normalized spacial score (nSPS) is 24.4. The van der Waals surface area contributed by atoms with Crippen LogP contribution >= 0.6 is 0 Å². The van der Waals surface area contributed by atoms with Gasteiger partial charge in [0.05, 0.1) is 43.3 Å². The van der Waals surface area contributed by atoms with Crippen LogP contribution in [0.1, 0.15) is 13.3 Å². The van der Waals surface area contributed by atoms with E-state index in [4.69, 9.17) is 23.7 Å². The summed E-state index contributed by atoms with van der Waals surface area (Å²) >= 11 is 0. The molecule has 2 rings (SSSR count). The zero-order chi connectivity index (χ0) is 16.3. The summed E-state index contributed by atoms with van der Waals surface area (Å²) in [6, 6.07) is 0. The molecule has 7 heteroatoms. The van der Waals surface area contributed by atoms with Crippen molar-refractivity contribution in [3.63, 3.8) is 0 Å². The van der Waals surface area contributed by atoms with E-state index in [-0.39, 0.29) is 17.3 Å². The molecule has 0 N–H and O–H groups in total. The highest BCUT2D eigenvalue weighted by atomic mass is 16.7. The van der Waals surface area contributed by atoms with E-state index >= 15 is 0 Å². The zero-order valence-corrected chi connectivity index (χ0v) is 12.9. The monoisotopic (exact) mass is 310 g/mol. The SMILES string of the molecule is COC(=O)C1=C(C(=O)OC)C2=C(CC(C)OC2OC)OC=C1. The first-order valence-electron chi connectivity index (χ1n) is 6.69. The molecule has 2 heterocycles. The van der Waals surface area contributed by atoms with Gasteiger partial charge in [0.1, 0.15) is 5.76 Å². The highest BCUT2D eigenvalue weighted by molar-refractivity contribution is 6.05. The maximum absolute atomic E-state index is 12.2. The predicted octanol–water partition coefficient (Wildman–Crippen LogP) is 1.21. The fourth-order valence-electron chi connectivity index (χ4n) is 2.39. The topological polar surface area (TPSA) is 80.3 Å². The number of hydrogen-bond donors (Lipinski definition) is 0. The van der Waals surface area contributed by atoms with E-state index in [1.54, 1.807) is 0 Å². The van der Waals surface area contributed by atoms with E-state index in [2.05, 4.69) is 0 Å². The minimum atomic E-state index is -0.840. The van der Waals surface area contributed by atoms with Crippen LogP contribution in [0.5, 0.6) is 0 Å². The summed E-state index contributed by atoms with van der Waals surface area (Å²) < 4.78 is 26.0. The Hall–Kier alpha value is -2.12. The second-order valence-corrected chi connectivity index (χ2v) is 4.75. The molecule has 0 spiro atoms. The average Bonchev–Trinajstić information content (AvgIpc) is 2.71. The van der Waals surface area contributed by atoms with Crippen LogP contribution in [0, 0.1) is 0 Å². The van der Waals surface area contributed by atoms with Crippen molar-refractivity contribution in [2.45, 2.75) is 25.7 Å². The molecule has 0 fully saturated rings. The number of ether oxygens (including phenoxy) is 5. The Balaban J connectivity index is 2.67. The molecule has 2 aliphatic rings. The standard InChI is InChI=1S/C15H18O7/c1-8-7-10-12(15(20-4)22-8)11(14(17)19-3)9(5-6-21-10)13(16)18-2/h5-6,8,15H,7H2,1-4H3. The van der Waals surface area contributed by atoms with Gasteiger partial charge in [0, 0.05) is 13.5 Å². The van der Waals surface area contributed by atoms with Gasteiger partial charge >= 0.3 is 11.9 Å². The van der Waals surface area contributed by atoms with E-state index in [9.17, 15) is 9.59 Å². The largest absolute Gasteiger partial charge is 0.469 e. The van der Waals surface area contributed by atoms with Crippen LogP contribution in [0.15, 0.2) is 34.8 Å². The van der Waals surface area contributed by atoms with Gasteiger partial charge in [-0.2, -0.15) is 0 Å². The zero-order valence-electron chi connectivity index (χ0n) is 12.9. The van der Waals surface area contributed by atoms with Gasteiger partial charge in [-0.15, -0.1) is 0 Å². The Kier molecular flexibility index (Phi) is 4.99. The number of hydrogen-bond acceptors (Lipinski definition) is 7. The van der Waals surface area contributed by atoms with Crippen molar-refractivity contribution in [3.8, 4) is 0 Å². The summed E-state index contributed by atoms with van der Waals surface area (Å²) in [5.74, 6) is -0.869. The molecule has 0 amide bonds. The molecule has 7 nitrogen and oxygen atoms in total. The lowest BCUT2D eigenvalue weighted by atomic mass is 9.95. The van der Waals surface area contributed by atoms with E-state index in [0.717, 1.165) is 0 Å². The lowest BCUT2D eigenvalue weighted by Gasteiger charge is -2.31. The van der Waals surface area contributed by atoms with Crippen LogP contribution in [0.25, 0.3) is 0 Å². The summed E-state index contributed by atoms with van der Waals surface area (Å²) in [4.78, 5) is 24.2. The molecule has 0 aliphatic carbocycles. The molecule has 0 saturated heterocycles. The molecule has 0 radical (unpaired) electrons. The second-order valence-electron chi connectivity index (χ2n) is 4.75. The van der Waals surface area contributed by atoms with Crippen LogP contribution in [-0.2, 0) is 33.3 Å². The van der Waals surface area contributed by atoms with Crippen molar-refractivity contribution in [3.05, 3.63) is 34.8 Å². The smallest absolute Gasteiger partial charge is 0.339 e. The average molecular weight is 310 g/mol. The Morgan fingerprint density at radius 3 is 2.45 bits per heavy atom. The summed E-state index contributed by atoms with van der Waals surface area (Å²) in [5.41, 5.74) is 0.397. The van der Waals surface area contributed by atoms with Crippen LogP contribution in [-0.4, -0.2) is 45.7 Å². The van der Waals surface area contributed by atoms with Gasteiger partial charge in [0.2, 0.25) is 0 Å². The van der Waals surface area contributed by atoms with Crippen LogP contribution in [0.4, 0.5) is 0 Å². The quantitative estimate of drug-likeness (QED) is 0.725. The Morgan fingerprint density at radius 2 is 1.86 bits per heavy atom. The fourth-order valence-corrected chi connectivity index (χ4v) is 2.39. The van der Waals surface area contributed by atoms with Gasteiger partial charge in [-0.25, -0.2) is 9.59 Å². The van der Waals surface area contributed by atoms with Crippen molar-refractivity contribution in [1.82, 2.24) is 0 Å². The van der Waals surface area contributed by atoms with Crippen molar-refractivity contribution >= 4 is 11.9 Å². The summed E-state index contributed by atoms with van der Waals surface area (Å²) in [6.45, 7) is 1.86. The molecule has 2 unspecified atom stereocenters. The lowest BCUT2D eigenvalue weighted by Crippen LogP contribution is -2.33. The first kappa shape index (κ1) is 16.3. The summed E-state index contributed by atoms with van der Waals surface area (Å²) in [6.07, 6.45) is 2.15. The third-order valence-corrected chi connectivity index (χ3v) is 3.36. The van der Waals surface area contributed by atoms with Crippen molar-refractivity contribution in [1.29, 1.82) is 0 Å². The van der Waals surface area contributed by atoms with Crippen molar-refractivity contribution < 1.29 is 33.3 Å². The van der Waals surface area contributed by atoms with Crippen LogP contribution in [0.3, 0.4) is 0 Å². The van der Waals surface area contributed by atoms with Crippen LogP contribution < -0.4 is 0 Å². The lowest BCUT2D eigenvalue weighted by molar-refractivity contribution is -0.146. The van der Waals surface area contributed by atoms with E-state index in [1.165, 1.54) is 33.7 Å². The fraction of sp³-hybridized carbons (Fsp3) is 0.467. The van der Waals surface area contributed by atoms with E-state index in [0.29, 0.717) is 17.8 Å². The van der Waals surface area contributed by atoms with E-state index < -0.39 is 18.2 Å². The number of carbonyl (C=O) groups excluding carboxylic acids is 2. The summed E-state index contributed by atoms with van der Waals surface area (Å²) in [7, 11) is 3.90. The number of methoxy groups -OCH3 is 3. The third-order valence-electron chi connectivity index (χ3n) is 3.36. The van der Waals surface area contributed by atoms with E-state index in [1.807, 2.05) is 6.92 Å². The first-order valence-corrected chi connectivity index (χ1v) is 6.69. The van der Waals surface area contributed by atoms with Gasteiger partial charge < -0.3 is 23.7 Å². The molecule has 2 aliphatic heterocycles. The molecule has 2 atom stereocenters. The Bertz CT molecular complexity index is 570. The van der Waals surface area contributed by atoms with Gasteiger partial charge in [-0.05, 0) is 13.0 Å². The molecule has 22 heavy (non-hydrogen) atoms. The maximum Gasteiger partial charge on any atom is 0.339 e. The van der Waals surface area contributed by atoms with Crippen molar-refractivity contribution in [2.75, 3.05) is 21.3 Å². The van der Waals surface area contributed by atoms with Crippen molar-refractivity contribution in [2.24, 2.45) is 0 Å². The highest BCUT2D eigenvalue weighted by Crippen LogP contribution is 2.36. The molecule has 0 aromatic rings. The Labute approximate surface area is 128 Å². The molecular formula is C15H18O7. The van der Waals surface area contributed by atoms with Gasteiger partial charge in [-0.3, -0.25) is 0 Å². The maximum atomic E-state index is 12.2. The van der Waals surface area contributed by atoms with Gasteiger partial charge in [-0.1, -0.05) is 0 Å². The Morgan fingerprint density at radius 1 is 1.18 bits per heavy atom. The molecular weight excluding hydrogens is 292 g/mol. The first-order chi connectivity index (χ1) is 10.5. The third kappa shape index (κ3) is 2.90. The molecule has 0 aromatic heterocycles. The number of carbonyl (C=O) groups is 2. The van der Waals surface area contributed by atoms with Gasteiger partial charge in [0.25, 0.3) is 0 Å². The minimum absolute atomic E-state index is 0.0249. The highest BCUT2D eigenvalue weighted by Gasteiger charge is 2.38. The molecule has 0 aromatic carbocycles. The number of rotatable bonds is 3. The molecule has 0 bridgehead atoms. The van der Waals surface area contributed by atoms with Crippen LogP contribution in [0.2, 0.25) is 0 Å². The predicted molar refractivity (Wildman–Crippen MR) is 74.3 cm³/mol. The van der Waals surface area contributed by atoms with Gasteiger partial charge in [0.15, 0.2) is 6.29 Å². The molecule has 0 saturated carbocycles. The molecule has 120 valence electrons. The summed E-state index contributed by atoms with van der Waals surface area (Å²) in [5, 5.41) is 0. The minimum Gasteiger partial charge on any atom is -0.469 e. The second kappa shape index (κ2) is 6.76. The number of esters is 2.